The van der Waals surface area contributed by atoms with Crippen LogP contribution in [0.5, 0.6) is 0 Å². The highest BCUT2D eigenvalue weighted by Gasteiger charge is 2.60. The van der Waals surface area contributed by atoms with Crippen LogP contribution in [0.4, 0.5) is 4.39 Å². The quantitative estimate of drug-likeness (QED) is 0.0725. The van der Waals surface area contributed by atoms with Gasteiger partial charge >= 0.3 is 11.7 Å². The molecule has 15 atom stereocenters. The number of carbonyl (C=O) groups is 1. The van der Waals surface area contributed by atoms with Gasteiger partial charge in [-0.1, -0.05) is 20.8 Å². The molecule has 0 aromatic carbocycles. The van der Waals surface area contributed by atoms with Gasteiger partial charge in [-0.05, 0) is 26.7 Å². The minimum absolute atomic E-state index is 0.0194. The highest BCUT2D eigenvalue weighted by molar-refractivity contribution is 5.69. The molecular weight excluding hydrogens is 755 g/mol. The number of nitrogens with zero attached hydrogens (tertiary/aromatic N) is 1. The Balaban J connectivity index is 1.49. The van der Waals surface area contributed by atoms with E-state index < -0.39 is 139 Å². The Kier molecular flexibility index (Phi) is 15.0. The average Bonchev–Trinajstić information content (AvgIpc) is 3.15. The van der Waals surface area contributed by atoms with Crippen molar-refractivity contribution in [1.82, 2.24) is 9.55 Å². The van der Waals surface area contributed by atoms with E-state index in [4.69, 9.17) is 33.2 Å². The van der Waals surface area contributed by atoms with Gasteiger partial charge in [0.2, 0.25) is 5.82 Å². The number of aliphatic hydroxyl groups excluding tert-OH is 8. The molecule has 3 fully saturated rings. The molecule has 0 saturated carbocycles. The van der Waals surface area contributed by atoms with E-state index in [2.05, 4.69) is 0 Å². The number of rotatable bonds is 16. The summed E-state index contributed by atoms with van der Waals surface area (Å²) in [6.07, 6.45) is -14.7. The number of carbonyl (C=O) groups excluding carboxylic acids is 1. The maximum absolute atomic E-state index is 13.9. The second-order valence-electron chi connectivity index (χ2n) is 15.8. The number of halogens is 1. The van der Waals surface area contributed by atoms with Gasteiger partial charge in [0.25, 0.3) is 5.56 Å². The summed E-state index contributed by atoms with van der Waals surface area (Å²) in [4.78, 5) is 38.4. The van der Waals surface area contributed by atoms with Gasteiger partial charge in [-0.3, -0.25) is 19.1 Å². The number of methoxy groups -OCH3 is 1. The third-order valence-electron chi connectivity index (χ3n) is 11.6. The summed E-state index contributed by atoms with van der Waals surface area (Å²) in [5, 5.41) is 85.2. The van der Waals surface area contributed by atoms with E-state index in [9.17, 15) is 59.6 Å². The molecule has 4 heterocycles. The van der Waals surface area contributed by atoms with Crippen LogP contribution in [0.1, 0.15) is 47.5 Å². The zero-order chi connectivity index (χ0) is 42.0. The molecule has 1 aromatic rings. The standard InChI is InChI=1S/C35H57FN2O18/c1-7-34(4)28(54-21(41)11-38-10-17(36)29(48)37-31(38)49)27(47)33(3,20(13-40)56-34)15-51-16-35(5)26(46)25(45)32(2,14-50-6)19(55-35)8-9-52-30-24(44)23(43)22(42)18(12-39)53-30/h10,18-20,22-28,30,39-40,42-47H,7-9,11-16H2,1-6H3,(H,37,48,49)/t18?,19?,20?,22?,23?,24?,25-,26?,27-,28?,30-,32-,33-,34+,35+/m1/s1. The first kappa shape index (κ1) is 46.2. The Morgan fingerprint density at radius 1 is 0.875 bits per heavy atom. The number of H-pyrrole nitrogens is 1. The fourth-order valence-electron chi connectivity index (χ4n) is 7.59. The second-order valence-corrected chi connectivity index (χ2v) is 15.8. The van der Waals surface area contributed by atoms with Crippen LogP contribution in [-0.2, 0) is 44.5 Å². The van der Waals surface area contributed by atoms with Crippen molar-refractivity contribution in [3.05, 3.63) is 32.9 Å². The van der Waals surface area contributed by atoms with Crippen LogP contribution in [0.2, 0.25) is 0 Å². The number of aromatic amines is 1. The van der Waals surface area contributed by atoms with Gasteiger partial charge < -0.3 is 74.0 Å². The summed E-state index contributed by atoms with van der Waals surface area (Å²) in [6, 6.07) is 0. The highest BCUT2D eigenvalue weighted by Crippen LogP contribution is 2.46. The zero-order valence-corrected chi connectivity index (χ0v) is 32.3. The first-order valence-electron chi connectivity index (χ1n) is 18.3. The largest absolute Gasteiger partial charge is 0.455 e. The number of ether oxygens (including phenoxy) is 7. The monoisotopic (exact) mass is 812 g/mol. The first-order chi connectivity index (χ1) is 26.2. The summed E-state index contributed by atoms with van der Waals surface area (Å²) in [5.74, 6) is -2.38. The van der Waals surface area contributed by atoms with Crippen molar-refractivity contribution in [3.63, 3.8) is 0 Å². The third kappa shape index (κ3) is 9.05. The molecule has 56 heavy (non-hydrogen) atoms. The molecule has 8 unspecified atom stereocenters. The summed E-state index contributed by atoms with van der Waals surface area (Å²) in [7, 11) is 1.40. The molecule has 0 amide bonds. The lowest BCUT2D eigenvalue weighted by atomic mass is 9.69. The van der Waals surface area contributed by atoms with E-state index in [0.29, 0.717) is 10.8 Å². The van der Waals surface area contributed by atoms with Gasteiger partial charge in [-0.25, -0.2) is 4.79 Å². The van der Waals surface area contributed by atoms with Crippen LogP contribution in [-0.4, -0.2) is 182 Å². The molecule has 9 N–H and O–H groups in total. The van der Waals surface area contributed by atoms with Gasteiger partial charge in [-0.2, -0.15) is 4.39 Å². The molecule has 0 bridgehead atoms. The van der Waals surface area contributed by atoms with E-state index in [-0.39, 0.29) is 32.7 Å². The van der Waals surface area contributed by atoms with Gasteiger partial charge in [0.15, 0.2) is 12.4 Å². The maximum Gasteiger partial charge on any atom is 0.329 e. The van der Waals surface area contributed by atoms with E-state index in [1.54, 1.807) is 25.8 Å². The Bertz CT molecular complexity index is 1600. The van der Waals surface area contributed by atoms with E-state index in [0.717, 1.165) is 0 Å². The number of aliphatic hydroxyl groups is 8. The molecule has 3 aliphatic heterocycles. The first-order valence-corrected chi connectivity index (χ1v) is 18.3. The van der Waals surface area contributed by atoms with E-state index in [1.807, 2.05) is 0 Å². The van der Waals surface area contributed by atoms with Crippen LogP contribution in [0, 0.1) is 16.6 Å². The minimum atomic E-state index is -1.66. The summed E-state index contributed by atoms with van der Waals surface area (Å²) in [6.45, 7) is 4.77. The molecule has 0 aliphatic carbocycles. The van der Waals surface area contributed by atoms with Gasteiger partial charge in [0.05, 0.1) is 64.2 Å². The van der Waals surface area contributed by atoms with Crippen molar-refractivity contribution in [2.75, 3.05) is 46.8 Å². The molecule has 21 heteroatoms. The lowest BCUT2D eigenvalue weighted by molar-refractivity contribution is -0.317. The molecule has 0 radical (unpaired) electrons. The average molecular weight is 813 g/mol. The fraction of sp³-hybridized carbons (Fsp3) is 0.857. The van der Waals surface area contributed by atoms with Crippen molar-refractivity contribution in [2.45, 2.75) is 133 Å². The highest BCUT2D eigenvalue weighted by atomic mass is 19.1. The molecule has 1 aromatic heterocycles. The molecular formula is C35H57FN2O18. The molecule has 3 aliphatic rings. The number of esters is 1. The zero-order valence-electron chi connectivity index (χ0n) is 32.3. The smallest absolute Gasteiger partial charge is 0.329 e. The normalized spacial score (nSPS) is 41.7. The van der Waals surface area contributed by atoms with Crippen molar-refractivity contribution in [1.29, 1.82) is 0 Å². The molecule has 4 rings (SSSR count). The van der Waals surface area contributed by atoms with Crippen molar-refractivity contribution >= 4 is 5.97 Å². The summed E-state index contributed by atoms with van der Waals surface area (Å²) in [5.41, 5.74) is -8.03. The Morgan fingerprint density at radius 3 is 2.12 bits per heavy atom. The van der Waals surface area contributed by atoms with Crippen LogP contribution >= 0.6 is 0 Å². The molecule has 322 valence electrons. The van der Waals surface area contributed by atoms with Crippen LogP contribution in [0.15, 0.2) is 15.8 Å². The molecule has 0 spiro atoms. The van der Waals surface area contributed by atoms with Crippen LogP contribution < -0.4 is 11.2 Å². The summed E-state index contributed by atoms with van der Waals surface area (Å²) < 4.78 is 55.2. The lowest BCUT2D eigenvalue weighted by Gasteiger charge is -2.55. The van der Waals surface area contributed by atoms with Crippen molar-refractivity contribution < 1.29 is 83.2 Å². The van der Waals surface area contributed by atoms with E-state index in [1.165, 1.54) is 21.0 Å². The van der Waals surface area contributed by atoms with Crippen LogP contribution in [0.3, 0.4) is 0 Å². The Morgan fingerprint density at radius 2 is 1.52 bits per heavy atom. The number of nitrogens with one attached hydrogen (secondary N) is 1. The second kappa shape index (κ2) is 18.2. The van der Waals surface area contributed by atoms with Gasteiger partial charge in [0.1, 0.15) is 54.4 Å². The van der Waals surface area contributed by atoms with Gasteiger partial charge in [0, 0.05) is 17.9 Å². The van der Waals surface area contributed by atoms with Crippen molar-refractivity contribution in [2.24, 2.45) is 10.8 Å². The molecule has 20 nitrogen and oxygen atoms in total. The summed E-state index contributed by atoms with van der Waals surface area (Å²) >= 11 is 0. The van der Waals surface area contributed by atoms with Gasteiger partial charge in [-0.15, -0.1) is 0 Å². The predicted octanol–water partition coefficient (Wildman–Crippen LogP) is -3.73. The third-order valence-corrected chi connectivity index (χ3v) is 11.6. The number of hydrogen-bond acceptors (Lipinski definition) is 18. The Labute approximate surface area is 321 Å². The number of hydrogen-bond donors (Lipinski definition) is 9. The Hall–Kier alpha value is -2.48. The van der Waals surface area contributed by atoms with Crippen molar-refractivity contribution in [3.8, 4) is 0 Å². The number of aromatic nitrogens is 2. The topological polar surface area (TPSA) is 298 Å². The SMILES string of the molecule is CC[C@]1(C)OC(CO)[C@@](C)(COC[C@]2(C)OC(CCO[C@@H]3OC(CO)C(O)C(O)C3O)[C@@](C)(COC)[C@H](O)C2O)[C@H](O)C1OC(=O)Cn1cc(F)c(=O)[nH]c1=O. The van der Waals surface area contributed by atoms with Crippen LogP contribution in [0.25, 0.3) is 0 Å². The lowest BCUT2D eigenvalue weighted by Crippen LogP contribution is -2.69. The minimum Gasteiger partial charge on any atom is -0.455 e. The fourth-order valence-corrected chi connectivity index (χ4v) is 7.59. The van der Waals surface area contributed by atoms with E-state index >= 15 is 0 Å². The maximum atomic E-state index is 13.9. The predicted molar refractivity (Wildman–Crippen MR) is 186 cm³/mol. The molecule has 3 saturated heterocycles.